The second-order valence-electron chi connectivity index (χ2n) is 5.78. The molecule has 0 radical (unpaired) electrons. The molecule has 1 aromatic carbocycles. The second kappa shape index (κ2) is 6.26. The molecule has 0 aromatic heterocycles. The van der Waals surface area contributed by atoms with Crippen molar-refractivity contribution in [1.29, 1.82) is 0 Å². The fourth-order valence-electron chi connectivity index (χ4n) is 1.57. The van der Waals surface area contributed by atoms with E-state index in [1.54, 1.807) is 6.07 Å². The zero-order valence-electron chi connectivity index (χ0n) is 12.4. The van der Waals surface area contributed by atoms with Gasteiger partial charge in [-0.3, -0.25) is 14.9 Å². The number of hydrogen-bond donors (Lipinski definition) is 1. The minimum atomic E-state index is -0.488. The standard InChI is InChI=1S/C14H20N2O3S/c1-9(2)15-13(17)11-8-10(16(18)19)6-7-12(11)20-14(3,4)5/h6-9H,1-5H3,(H,15,17). The van der Waals surface area contributed by atoms with Crippen LogP contribution in [0, 0.1) is 10.1 Å². The number of nitro benzene ring substituents is 1. The number of benzene rings is 1. The number of amides is 1. The molecule has 0 fully saturated rings. The lowest BCUT2D eigenvalue weighted by Gasteiger charge is -2.20. The highest BCUT2D eigenvalue weighted by Crippen LogP contribution is 2.35. The van der Waals surface area contributed by atoms with Gasteiger partial charge in [-0.15, -0.1) is 11.8 Å². The van der Waals surface area contributed by atoms with Crippen LogP contribution < -0.4 is 5.32 Å². The highest BCUT2D eigenvalue weighted by Gasteiger charge is 2.21. The lowest BCUT2D eigenvalue weighted by atomic mass is 10.1. The molecule has 0 unspecified atom stereocenters. The molecule has 0 heterocycles. The van der Waals surface area contributed by atoms with Gasteiger partial charge >= 0.3 is 0 Å². The highest BCUT2D eigenvalue weighted by atomic mass is 32.2. The van der Waals surface area contributed by atoms with Crippen LogP contribution in [0.2, 0.25) is 0 Å². The third kappa shape index (κ3) is 4.85. The summed E-state index contributed by atoms with van der Waals surface area (Å²) in [5, 5.41) is 13.6. The summed E-state index contributed by atoms with van der Waals surface area (Å²) in [5.41, 5.74) is 0.282. The van der Waals surface area contributed by atoms with Crippen molar-refractivity contribution in [3.8, 4) is 0 Å². The van der Waals surface area contributed by atoms with Crippen LogP contribution in [0.25, 0.3) is 0 Å². The first-order valence-electron chi connectivity index (χ1n) is 6.38. The molecule has 0 atom stereocenters. The van der Waals surface area contributed by atoms with E-state index in [-0.39, 0.29) is 22.4 Å². The van der Waals surface area contributed by atoms with E-state index in [4.69, 9.17) is 0 Å². The molecular formula is C14H20N2O3S. The van der Waals surface area contributed by atoms with Crippen molar-refractivity contribution < 1.29 is 9.72 Å². The summed E-state index contributed by atoms with van der Waals surface area (Å²) >= 11 is 1.52. The van der Waals surface area contributed by atoms with E-state index in [0.717, 1.165) is 4.90 Å². The summed E-state index contributed by atoms with van der Waals surface area (Å²) in [5.74, 6) is -0.282. The first-order valence-corrected chi connectivity index (χ1v) is 7.20. The minimum Gasteiger partial charge on any atom is -0.350 e. The third-order valence-corrected chi connectivity index (χ3v) is 3.44. The van der Waals surface area contributed by atoms with Crippen molar-refractivity contribution in [3.05, 3.63) is 33.9 Å². The van der Waals surface area contributed by atoms with Gasteiger partial charge in [0.25, 0.3) is 11.6 Å². The average Bonchev–Trinajstić information content (AvgIpc) is 2.25. The molecule has 0 saturated carbocycles. The largest absolute Gasteiger partial charge is 0.350 e. The second-order valence-corrected chi connectivity index (χ2v) is 7.65. The number of nitrogens with one attached hydrogen (secondary N) is 1. The maximum atomic E-state index is 12.2. The van der Waals surface area contributed by atoms with Crippen molar-refractivity contribution in [3.63, 3.8) is 0 Å². The average molecular weight is 296 g/mol. The van der Waals surface area contributed by atoms with Crippen LogP contribution in [0.3, 0.4) is 0 Å². The Balaban J connectivity index is 3.22. The van der Waals surface area contributed by atoms with Gasteiger partial charge in [-0.05, 0) is 19.9 Å². The Hall–Kier alpha value is -1.56. The van der Waals surface area contributed by atoms with Crippen molar-refractivity contribution in [2.24, 2.45) is 0 Å². The molecule has 0 bridgehead atoms. The molecule has 1 rings (SSSR count). The maximum absolute atomic E-state index is 12.2. The summed E-state index contributed by atoms with van der Waals surface area (Å²) in [6, 6.07) is 4.39. The monoisotopic (exact) mass is 296 g/mol. The topological polar surface area (TPSA) is 72.2 Å². The van der Waals surface area contributed by atoms with Gasteiger partial charge in [0, 0.05) is 27.8 Å². The number of nitrogens with zero attached hydrogens (tertiary/aromatic N) is 1. The van der Waals surface area contributed by atoms with E-state index < -0.39 is 4.92 Å². The third-order valence-electron chi connectivity index (χ3n) is 2.25. The maximum Gasteiger partial charge on any atom is 0.270 e. The quantitative estimate of drug-likeness (QED) is 0.523. The van der Waals surface area contributed by atoms with E-state index in [2.05, 4.69) is 5.32 Å². The molecule has 1 amide bonds. The van der Waals surface area contributed by atoms with Gasteiger partial charge in [-0.25, -0.2) is 0 Å². The van der Waals surface area contributed by atoms with Gasteiger partial charge in [-0.1, -0.05) is 20.8 Å². The Morgan fingerprint density at radius 1 is 1.35 bits per heavy atom. The summed E-state index contributed by atoms with van der Waals surface area (Å²) in [6.45, 7) is 9.80. The number of nitro groups is 1. The molecule has 1 aromatic rings. The van der Waals surface area contributed by atoms with Crippen LogP contribution in [0.5, 0.6) is 0 Å². The molecule has 0 spiro atoms. The fourth-order valence-corrected chi connectivity index (χ4v) is 2.63. The highest BCUT2D eigenvalue weighted by molar-refractivity contribution is 8.00. The van der Waals surface area contributed by atoms with Gasteiger partial charge in [0.1, 0.15) is 0 Å². The predicted molar refractivity (Wildman–Crippen MR) is 81.3 cm³/mol. The van der Waals surface area contributed by atoms with Crippen molar-refractivity contribution >= 4 is 23.4 Å². The molecule has 0 aliphatic heterocycles. The Labute approximate surface area is 123 Å². The van der Waals surface area contributed by atoms with Crippen LogP contribution in [0.15, 0.2) is 23.1 Å². The molecule has 0 aliphatic carbocycles. The Morgan fingerprint density at radius 3 is 2.40 bits per heavy atom. The first-order chi connectivity index (χ1) is 9.10. The molecule has 5 nitrogen and oxygen atoms in total. The van der Waals surface area contributed by atoms with Gasteiger partial charge < -0.3 is 5.32 Å². The molecule has 110 valence electrons. The Bertz CT molecular complexity index is 522. The van der Waals surface area contributed by atoms with E-state index in [9.17, 15) is 14.9 Å². The first kappa shape index (κ1) is 16.5. The lowest BCUT2D eigenvalue weighted by molar-refractivity contribution is -0.384. The van der Waals surface area contributed by atoms with Crippen LogP contribution in [-0.2, 0) is 0 Å². The molecular weight excluding hydrogens is 276 g/mol. The van der Waals surface area contributed by atoms with Gasteiger partial charge in [-0.2, -0.15) is 0 Å². The Morgan fingerprint density at radius 2 is 1.95 bits per heavy atom. The van der Waals surface area contributed by atoms with E-state index in [0.29, 0.717) is 5.56 Å². The summed E-state index contributed by atoms with van der Waals surface area (Å²) < 4.78 is -0.0804. The van der Waals surface area contributed by atoms with E-state index in [1.165, 1.54) is 23.9 Å². The number of carbonyl (C=O) groups is 1. The number of carbonyl (C=O) groups excluding carboxylic acids is 1. The van der Waals surface area contributed by atoms with E-state index >= 15 is 0 Å². The number of rotatable bonds is 4. The van der Waals surface area contributed by atoms with Gasteiger partial charge in [0.05, 0.1) is 10.5 Å². The zero-order chi connectivity index (χ0) is 15.5. The van der Waals surface area contributed by atoms with Crippen molar-refractivity contribution in [2.45, 2.75) is 50.3 Å². The zero-order valence-corrected chi connectivity index (χ0v) is 13.2. The SMILES string of the molecule is CC(C)NC(=O)c1cc([N+](=O)[O-])ccc1SC(C)(C)C. The van der Waals surface area contributed by atoms with Crippen LogP contribution >= 0.6 is 11.8 Å². The van der Waals surface area contributed by atoms with Crippen molar-refractivity contribution in [1.82, 2.24) is 5.32 Å². The van der Waals surface area contributed by atoms with Crippen LogP contribution in [0.4, 0.5) is 5.69 Å². The number of non-ortho nitro benzene ring substituents is 1. The molecule has 20 heavy (non-hydrogen) atoms. The van der Waals surface area contributed by atoms with Gasteiger partial charge in [0.15, 0.2) is 0 Å². The molecule has 0 aliphatic rings. The summed E-state index contributed by atoms with van der Waals surface area (Å²) in [6.07, 6.45) is 0. The fraction of sp³-hybridized carbons (Fsp3) is 0.500. The minimum absolute atomic E-state index is 0.0192. The van der Waals surface area contributed by atoms with Gasteiger partial charge in [0.2, 0.25) is 0 Å². The van der Waals surface area contributed by atoms with E-state index in [1.807, 2.05) is 34.6 Å². The molecule has 6 heteroatoms. The normalized spacial score (nSPS) is 11.5. The Kier molecular flexibility index (Phi) is 5.16. The van der Waals surface area contributed by atoms with Crippen molar-refractivity contribution in [2.75, 3.05) is 0 Å². The number of hydrogen-bond acceptors (Lipinski definition) is 4. The van der Waals surface area contributed by atoms with Crippen LogP contribution in [0.1, 0.15) is 45.0 Å². The number of thioether (sulfide) groups is 1. The lowest BCUT2D eigenvalue weighted by Crippen LogP contribution is -2.30. The van der Waals surface area contributed by atoms with Crippen LogP contribution in [-0.4, -0.2) is 21.6 Å². The molecule has 0 saturated heterocycles. The molecule has 1 N–H and O–H groups in total. The summed E-state index contributed by atoms with van der Waals surface area (Å²) in [7, 11) is 0. The summed E-state index contributed by atoms with van der Waals surface area (Å²) in [4.78, 5) is 23.3. The predicted octanol–water partition coefficient (Wildman–Crippen LogP) is 3.62. The smallest absolute Gasteiger partial charge is 0.270 e.